The van der Waals surface area contributed by atoms with E-state index in [1.807, 2.05) is 0 Å². The zero-order valence-corrected chi connectivity index (χ0v) is 9.67. The van der Waals surface area contributed by atoms with Crippen LogP contribution in [0.4, 0.5) is 0 Å². The average Bonchev–Trinajstić information content (AvgIpc) is 2.28. The van der Waals surface area contributed by atoms with Crippen molar-refractivity contribution in [3.05, 3.63) is 40.4 Å². The van der Waals surface area contributed by atoms with Crippen molar-refractivity contribution >= 4 is 5.91 Å². The molecule has 0 saturated heterocycles. The molecule has 0 radical (unpaired) electrons. The second-order valence-corrected chi connectivity index (χ2v) is 3.49. The van der Waals surface area contributed by atoms with Crippen molar-refractivity contribution in [1.82, 2.24) is 5.32 Å². The number of para-hydroxylation sites is 1. The van der Waals surface area contributed by atoms with Crippen LogP contribution in [0.3, 0.4) is 0 Å². The number of benzene rings is 1. The van der Waals surface area contributed by atoms with Gasteiger partial charge in [-0.2, -0.15) is 0 Å². The summed E-state index contributed by atoms with van der Waals surface area (Å²) in [5.41, 5.74) is 0. The van der Waals surface area contributed by atoms with Crippen molar-refractivity contribution in [2.24, 2.45) is 0 Å². The summed E-state index contributed by atoms with van der Waals surface area (Å²) in [7, 11) is 0. The lowest BCUT2D eigenvalue weighted by molar-refractivity contribution is -0.622. The first kappa shape index (κ1) is 13.0. The maximum atomic E-state index is 11.1. The Labute approximate surface area is 98.7 Å². The van der Waals surface area contributed by atoms with Gasteiger partial charge < -0.3 is 4.74 Å². The minimum Gasteiger partial charge on any atom is -0.411 e. The van der Waals surface area contributed by atoms with E-state index in [0.717, 1.165) is 0 Å². The van der Waals surface area contributed by atoms with E-state index in [-0.39, 0.29) is 6.42 Å². The second-order valence-electron chi connectivity index (χ2n) is 3.49. The molecule has 1 aromatic carbocycles. The lowest BCUT2D eigenvalue weighted by Crippen LogP contribution is -2.57. The molecule has 1 aromatic rings. The molecule has 6 heteroatoms. The van der Waals surface area contributed by atoms with Crippen LogP contribution < -0.4 is 10.1 Å². The van der Waals surface area contributed by atoms with Crippen LogP contribution >= 0.6 is 0 Å². The van der Waals surface area contributed by atoms with Crippen molar-refractivity contribution in [2.75, 3.05) is 0 Å². The first-order chi connectivity index (χ1) is 8.00. The molecule has 0 bridgehead atoms. The van der Waals surface area contributed by atoms with Crippen molar-refractivity contribution in [3.63, 3.8) is 0 Å². The highest BCUT2D eigenvalue weighted by atomic mass is 16.7. The van der Waals surface area contributed by atoms with Gasteiger partial charge in [0.15, 0.2) is 0 Å². The van der Waals surface area contributed by atoms with Crippen LogP contribution in [-0.2, 0) is 4.79 Å². The van der Waals surface area contributed by atoms with Crippen molar-refractivity contribution in [3.8, 4) is 5.75 Å². The molecule has 1 unspecified atom stereocenters. The average molecular weight is 238 g/mol. The summed E-state index contributed by atoms with van der Waals surface area (Å²) in [5.74, 6) is -2.09. The maximum absolute atomic E-state index is 11.1. The number of nitrogens with one attached hydrogen (secondary N) is 1. The minimum atomic E-state index is -1.91. The summed E-state index contributed by atoms with van der Waals surface area (Å²) in [6.07, 6.45) is 0.0223. The van der Waals surface area contributed by atoms with Gasteiger partial charge in [0.25, 0.3) is 0 Å². The second kappa shape index (κ2) is 5.29. The van der Waals surface area contributed by atoms with Gasteiger partial charge >= 0.3 is 5.85 Å². The van der Waals surface area contributed by atoms with Gasteiger partial charge in [-0.25, -0.2) is 0 Å². The fraction of sp³-hybridized carbons (Fsp3) is 0.364. The number of carbonyl (C=O) groups excluding carboxylic acids is 1. The Morgan fingerprint density at radius 2 is 2.06 bits per heavy atom. The molecule has 1 N–H and O–H groups in total. The lowest BCUT2D eigenvalue weighted by Gasteiger charge is -2.24. The molecular weight excluding hydrogens is 224 g/mol. The van der Waals surface area contributed by atoms with Crippen LogP contribution in [0.25, 0.3) is 0 Å². The van der Waals surface area contributed by atoms with Crippen LogP contribution in [0.2, 0.25) is 0 Å². The Morgan fingerprint density at radius 3 is 2.47 bits per heavy atom. The molecule has 6 nitrogen and oxygen atoms in total. The smallest absolute Gasteiger partial charge is 0.411 e. The Balaban J connectivity index is 2.98. The molecule has 0 aliphatic carbocycles. The molecule has 92 valence electrons. The standard InChI is InChI=1S/C11H14N2O4/c1-3-11(13(15)16,12-9(2)14)17-10-7-5-4-6-8-10/h4-8H,3H2,1-2H3,(H,12,14). The number of hydrogen-bond donors (Lipinski definition) is 1. The van der Waals surface area contributed by atoms with Gasteiger partial charge in [-0.1, -0.05) is 25.1 Å². The molecule has 0 aliphatic rings. The Hall–Kier alpha value is -2.11. The number of ether oxygens (including phenoxy) is 1. The summed E-state index contributed by atoms with van der Waals surface area (Å²) in [5, 5.41) is 13.3. The van der Waals surface area contributed by atoms with E-state index < -0.39 is 16.7 Å². The number of rotatable bonds is 5. The zero-order chi connectivity index (χ0) is 12.9. The Kier molecular flexibility index (Phi) is 4.03. The molecule has 1 atom stereocenters. The van der Waals surface area contributed by atoms with Gasteiger partial charge in [0.2, 0.25) is 5.91 Å². The van der Waals surface area contributed by atoms with E-state index in [0.29, 0.717) is 5.75 Å². The van der Waals surface area contributed by atoms with Crippen LogP contribution in [-0.4, -0.2) is 16.7 Å². The van der Waals surface area contributed by atoms with Crippen molar-refractivity contribution in [1.29, 1.82) is 0 Å². The molecule has 0 fully saturated rings. The SMILES string of the molecule is CCC(NC(C)=O)(Oc1ccccc1)[N+](=O)[O-]. The van der Waals surface area contributed by atoms with Crippen LogP contribution in [0, 0.1) is 10.1 Å². The van der Waals surface area contributed by atoms with Crippen LogP contribution in [0.15, 0.2) is 30.3 Å². The molecular formula is C11H14N2O4. The zero-order valence-electron chi connectivity index (χ0n) is 9.67. The number of hydrogen-bond acceptors (Lipinski definition) is 4. The molecule has 0 spiro atoms. The molecule has 1 amide bonds. The Morgan fingerprint density at radius 1 is 1.47 bits per heavy atom. The highest BCUT2D eigenvalue weighted by Gasteiger charge is 2.45. The monoisotopic (exact) mass is 238 g/mol. The first-order valence-corrected chi connectivity index (χ1v) is 5.17. The number of nitrogens with zero attached hydrogens (tertiary/aromatic N) is 1. The summed E-state index contributed by atoms with van der Waals surface area (Å²) < 4.78 is 5.29. The lowest BCUT2D eigenvalue weighted by atomic mass is 10.3. The van der Waals surface area contributed by atoms with E-state index in [1.54, 1.807) is 37.3 Å². The van der Waals surface area contributed by atoms with Gasteiger partial charge in [-0.15, -0.1) is 0 Å². The van der Waals surface area contributed by atoms with E-state index >= 15 is 0 Å². The number of carbonyl (C=O) groups is 1. The van der Waals surface area contributed by atoms with Crippen molar-refractivity contribution in [2.45, 2.75) is 26.1 Å². The van der Waals surface area contributed by atoms with E-state index in [1.165, 1.54) is 6.92 Å². The highest BCUT2D eigenvalue weighted by Crippen LogP contribution is 2.19. The number of amides is 1. The molecule has 0 heterocycles. The molecule has 0 aromatic heterocycles. The van der Waals surface area contributed by atoms with E-state index in [4.69, 9.17) is 4.74 Å². The Bertz CT molecular complexity index is 407. The third kappa shape index (κ3) is 3.17. The quantitative estimate of drug-likeness (QED) is 0.479. The van der Waals surface area contributed by atoms with Crippen LogP contribution in [0.1, 0.15) is 20.3 Å². The summed E-state index contributed by atoms with van der Waals surface area (Å²) in [6, 6.07) is 8.35. The highest BCUT2D eigenvalue weighted by molar-refractivity contribution is 5.73. The molecule has 17 heavy (non-hydrogen) atoms. The number of nitro groups is 1. The van der Waals surface area contributed by atoms with Gasteiger partial charge in [0, 0.05) is 6.92 Å². The summed E-state index contributed by atoms with van der Waals surface area (Å²) in [4.78, 5) is 21.4. The largest absolute Gasteiger partial charge is 0.449 e. The summed E-state index contributed by atoms with van der Waals surface area (Å²) in [6.45, 7) is 2.78. The van der Waals surface area contributed by atoms with Crippen molar-refractivity contribution < 1.29 is 14.5 Å². The predicted molar refractivity (Wildman–Crippen MR) is 60.9 cm³/mol. The van der Waals surface area contributed by atoms with E-state index in [9.17, 15) is 14.9 Å². The van der Waals surface area contributed by atoms with Gasteiger partial charge in [0.1, 0.15) is 5.75 Å². The van der Waals surface area contributed by atoms with Gasteiger partial charge in [0.05, 0.1) is 11.3 Å². The maximum Gasteiger partial charge on any atom is 0.449 e. The molecule has 0 aliphatic heterocycles. The molecule has 1 rings (SSSR count). The topological polar surface area (TPSA) is 81.5 Å². The normalized spacial score (nSPS) is 13.5. The minimum absolute atomic E-state index is 0.0223. The fourth-order valence-corrected chi connectivity index (χ4v) is 1.36. The van der Waals surface area contributed by atoms with Crippen LogP contribution in [0.5, 0.6) is 5.75 Å². The third-order valence-corrected chi connectivity index (χ3v) is 2.18. The molecule has 0 saturated carbocycles. The van der Waals surface area contributed by atoms with Gasteiger partial charge in [-0.3, -0.25) is 20.2 Å². The third-order valence-electron chi connectivity index (χ3n) is 2.18. The van der Waals surface area contributed by atoms with Gasteiger partial charge in [-0.05, 0) is 12.1 Å². The predicted octanol–water partition coefficient (Wildman–Crippen LogP) is 1.54. The summed E-state index contributed by atoms with van der Waals surface area (Å²) >= 11 is 0. The first-order valence-electron chi connectivity index (χ1n) is 5.17. The fourth-order valence-electron chi connectivity index (χ4n) is 1.36. The van der Waals surface area contributed by atoms with E-state index in [2.05, 4.69) is 5.32 Å².